The second-order valence-corrected chi connectivity index (χ2v) is 13.0. The first-order valence-corrected chi connectivity index (χ1v) is 15.9. The van der Waals surface area contributed by atoms with Crippen LogP contribution in [0.15, 0.2) is 115 Å². The number of para-hydroxylation sites is 5. The monoisotopic (exact) mass is 595 g/mol. The van der Waals surface area contributed by atoms with Crippen LogP contribution in [0, 0.1) is 13.8 Å². The lowest BCUT2D eigenvalue weighted by Gasteiger charge is -2.39. The maximum atomic E-state index is 6.68. The molecule has 1 radical (unpaired) electrons. The number of nitrogens with zero attached hydrogens (tertiary/aromatic N) is 1. The molecule has 0 bridgehead atoms. The van der Waals surface area contributed by atoms with Gasteiger partial charge in [0.05, 0.1) is 11.4 Å². The molecule has 5 heteroatoms. The van der Waals surface area contributed by atoms with Gasteiger partial charge < -0.3 is 19.7 Å². The minimum absolute atomic E-state index is 0.240. The van der Waals surface area contributed by atoms with Gasteiger partial charge in [-0.25, -0.2) is 0 Å². The highest BCUT2D eigenvalue weighted by Gasteiger charge is 2.37. The van der Waals surface area contributed by atoms with Gasteiger partial charge in [-0.2, -0.15) is 0 Å². The van der Waals surface area contributed by atoms with Gasteiger partial charge in [0.1, 0.15) is 11.5 Å². The molecule has 4 nitrogen and oxygen atoms in total. The largest absolute Gasteiger partial charge is 0.457 e. The molecule has 0 amide bonds. The van der Waals surface area contributed by atoms with E-state index in [0.29, 0.717) is 0 Å². The summed E-state index contributed by atoms with van der Waals surface area (Å²) in [7, 11) is 2.31. The van der Waals surface area contributed by atoms with Crippen LogP contribution in [0.2, 0.25) is 0 Å². The summed E-state index contributed by atoms with van der Waals surface area (Å²) in [6.07, 6.45) is 0. The van der Waals surface area contributed by atoms with Crippen molar-refractivity contribution in [1.29, 1.82) is 0 Å². The Kier molecular flexibility index (Phi) is 5.73. The number of anilines is 5. The van der Waals surface area contributed by atoms with Crippen molar-refractivity contribution in [2.45, 2.75) is 33.1 Å². The minimum Gasteiger partial charge on any atom is -0.457 e. The number of rotatable bonds is 3. The van der Waals surface area contributed by atoms with E-state index in [2.05, 4.69) is 142 Å². The Hall–Kier alpha value is -5.42. The Morgan fingerprint density at radius 1 is 0.609 bits per heavy atom. The molecule has 0 fully saturated rings. The van der Waals surface area contributed by atoms with Crippen LogP contribution in [0.25, 0.3) is 11.1 Å². The predicted octanol–water partition coefficient (Wildman–Crippen LogP) is 9.69. The Morgan fingerprint density at radius 3 is 2.22 bits per heavy atom. The zero-order valence-electron chi connectivity index (χ0n) is 26.3. The SMILES string of the molecule is Cc1cc(-c2cc3c(cc2Nc2ccccc2C)C(C)(C)c2ccccc2O3)c2c(c1)N1c3ccccc3Oc3cccc(c31)[B]2. The van der Waals surface area contributed by atoms with Gasteiger partial charge in [0.25, 0.3) is 0 Å². The number of benzene rings is 6. The van der Waals surface area contributed by atoms with Crippen LogP contribution in [0.1, 0.15) is 36.1 Å². The maximum Gasteiger partial charge on any atom is 0.198 e. The average Bonchev–Trinajstić information content (AvgIpc) is 3.06. The highest BCUT2D eigenvalue weighted by atomic mass is 16.5. The minimum atomic E-state index is -0.240. The second-order valence-electron chi connectivity index (χ2n) is 13.0. The smallest absolute Gasteiger partial charge is 0.198 e. The number of fused-ring (bicyclic) bond motifs is 6. The van der Waals surface area contributed by atoms with Gasteiger partial charge in [-0.1, -0.05) is 86.0 Å². The summed E-state index contributed by atoms with van der Waals surface area (Å²) in [6, 6.07) is 40.6. The van der Waals surface area contributed by atoms with E-state index in [1.54, 1.807) is 0 Å². The lowest BCUT2D eigenvalue weighted by Crippen LogP contribution is -2.42. The van der Waals surface area contributed by atoms with E-state index in [1.165, 1.54) is 16.7 Å². The van der Waals surface area contributed by atoms with Crippen molar-refractivity contribution in [3.05, 3.63) is 138 Å². The van der Waals surface area contributed by atoms with Gasteiger partial charge in [0.15, 0.2) is 18.8 Å². The third kappa shape index (κ3) is 3.94. The van der Waals surface area contributed by atoms with Crippen LogP contribution in [-0.2, 0) is 5.41 Å². The number of aryl methyl sites for hydroxylation is 2. The summed E-state index contributed by atoms with van der Waals surface area (Å²) >= 11 is 0. The molecule has 0 saturated carbocycles. The maximum absolute atomic E-state index is 6.68. The fourth-order valence-electron chi connectivity index (χ4n) is 7.36. The third-order valence-corrected chi connectivity index (χ3v) is 9.70. The molecule has 3 heterocycles. The van der Waals surface area contributed by atoms with Crippen LogP contribution in [-0.4, -0.2) is 7.28 Å². The van der Waals surface area contributed by atoms with E-state index in [1.807, 2.05) is 18.2 Å². The first-order valence-electron chi connectivity index (χ1n) is 15.9. The number of hydrogen-bond donors (Lipinski definition) is 1. The van der Waals surface area contributed by atoms with E-state index < -0.39 is 0 Å². The van der Waals surface area contributed by atoms with Gasteiger partial charge in [0, 0.05) is 39.2 Å². The van der Waals surface area contributed by atoms with Crippen LogP contribution in [0.5, 0.6) is 23.0 Å². The highest BCUT2D eigenvalue weighted by molar-refractivity contribution is 6.73. The van der Waals surface area contributed by atoms with Crippen LogP contribution in [0.4, 0.5) is 28.4 Å². The molecular formula is C41H32BN2O2. The fraction of sp³-hybridized carbons (Fsp3) is 0.122. The standard InChI is InChI=1S/C41H32BN2O2/c1-24-20-27(39-34(21-24)44-33-16-8-10-18-36(33)46-37-19-11-14-30(42-39)40(37)44)26-22-38-29(23-32(26)43-31-15-7-5-12-25(31)2)41(3,4)28-13-6-9-17-35(28)45-38/h5-23,43H,1-4H3. The molecule has 0 unspecified atom stereocenters. The van der Waals surface area contributed by atoms with Gasteiger partial charge in [0.2, 0.25) is 0 Å². The molecular weight excluding hydrogens is 563 g/mol. The molecule has 0 spiro atoms. The Labute approximate surface area is 270 Å². The molecule has 0 aliphatic carbocycles. The average molecular weight is 596 g/mol. The molecule has 46 heavy (non-hydrogen) atoms. The molecule has 6 aromatic carbocycles. The Balaban J connectivity index is 1.30. The lowest BCUT2D eigenvalue weighted by molar-refractivity contribution is 0.418. The molecule has 0 atom stereocenters. The van der Waals surface area contributed by atoms with E-state index in [9.17, 15) is 0 Å². The van der Waals surface area contributed by atoms with Crippen molar-refractivity contribution in [2.75, 3.05) is 10.2 Å². The second kappa shape index (κ2) is 9.79. The summed E-state index contributed by atoms with van der Waals surface area (Å²) in [6.45, 7) is 8.91. The highest BCUT2D eigenvalue weighted by Crippen LogP contribution is 2.53. The fourth-order valence-corrected chi connectivity index (χ4v) is 7.36. The van der Waals surface area contributed by atoms with Gasteiger partial charge >= 0.3 is 0 Å². The summed E-state index contributed by atoms with van der Waals surface area (Å²) in [5.41, 5.74) is 14.4. The Morgan fingerprint density at radius 2 is 1.35 bits per heavy atom. The van der Waals surface area contributed by atoms with E-state index in [-0.39, 0.29) is 5.41 Å². The molecule has 0 aromatic heterocycles. The van der Waals surface area contributed by atoms with Crippen molar-refractivity contribution in [3.8, 4) is 34.1 Å². The van der Waals surface area contributed by atoms with Crippen molar-refractivity contribution < 1.29 is 9.47 Å². The first-order chi connectivity index (χ1) is 22.4. The summed E-state index contributed by atoms with van der Waals surface area (Å²) in [5.74, 6) is 3.52. The molecule has 6 aromatic rings. The summed E-state index contributed by atoms with van der Waals surface area (Å²) < 4.78 is 13.1. The van der Waals surface area contributed by atoms with E-state index >= 15 is 0 Å². The molecule has 3 aliphatic heterocycles. The molecule has 3 aliphatic rings. The number of nitrogens with one attached hydrogen (secondary N) is 1. The van der Waals surface area contributed by atoms with Crippen molar-refractivity contribution in [2.24, 2.45) is 0 Å². The van der Waals surface area contributed by atoms with Gasteiger partial charge in [-0.3, -0.25) is 0 Å². The van der Waals surface area contributed by atoms with Crippen LogP contribution >= 0.6 is 0 Å². The summed E-state index contributed by atoms with van der Waals surface area (Å²) in [5, 5.41) is 3.85. The normalized spacial score (nSPS) is 14.3. The topological polar surface area (TPSA) is 33.7 Å². The lowest BCUT2D eigenvalue weighted by atomic mass is 9.57. The van der Waals surface area contributed by atoms with E-state index in [4.69, 9.17) is 9.47 Å². The number of hydrogen-bond acceptors (Lipinski definition) is 4. The quantitative estimate of drug-likeness (QED) is 0.206. The number of ether oxygens (including phenoxy) is 2. The molecule has 1 N–H and O–H groups in total. The van der Waals surface area contributed by atoms with Crippen LogP contribution < -0.4 is 30.6 Å². The van der Waals surface area contributed by atoms with E-state index in [0.717, 1.165) is 79.1 Å². The van der Waals surface area contributed by atoms with Crippen molar-refractivity contribution in [3.63, 3.8) is 0 Å². The van der Waals surface area contributed by atoms with Gasteiger partial charge in [-0.15, -0.1) is 0 Å². The van der Waals surface area contributed by atoms with Gasteiger partial charge in [-0.05, 0) is 84.5 Å². The van der Waals surface area contributed by atoms with Crippen molar-refractivity contribution in [1.82, 2.24) is 0 Å². The summed E-state index contributed by atoms with van der Waals surface area (Å²) in [4.78, 5) is 2.37. The zero-order valence-corrected chi connectivity index (χ0v) is 26.3. The molecule has 0 saturated heterocycles. The predicted molar refractivity (Wildman–Crippen MR) is 189 cm³/mol. The van der Waals surface area contributed by atoms with Crippen molar-refractivity contribution >= 4 is 46.6 Å². The van der Waals surface area contributed by atoms with Crippen LogP contribution in [0.3, 0.4) is 0 Å². The molecule has 221 valence electrons. The zero-order chi connectivity index (χ0) is 31.2. The third-order valence-electron chi connectivity index (χ3n) is 9.70. The Bertz CT molecular complexity index is 2240. The molecule has 9 rings (SSSR count). The first kappa shape index (κ1) is 26.9.